The van der Waals surface area contributed by atoms with Gasteiger partial charge in [0.25, 0.3) is 5.56 Å². The quantitative estimate of drug-likeness (QED) is 0.486. The Morgan fingerprint density at radius 3 is 2.24 bits per heavy atom. The van der Waals surface area contributed by atoms with Gasteiger partial charge in [-0.05, 0) is 38.1 Å². The van der Waals surface area contributed by atoms with Crippen molar-refractivity contribution in [2.24, 2.45) is 0 Å². The first-order valence-electron chi connectivity index (χ1n) is 9.28. The average molecular weight is 488 g/mol. The Labute approximate surface area is 188 Å². The minimum absolute atomic E-state index is 0.0786. The summed E-state index contributed by atoms with van der Waals surface area (Å²) in [5, 5.41) is 9.59. The maximum atomic E-state index is 14.4. The first-order chi connectivity index (χ1) is 15.3. The minimum atomic E-state index is -4.83. The Balaban J connectivity index is 1.85. The Hall–Kier alpha value is -3.12. The molecular weight excluding hydrogens is 471 g/mol. The molecule has 1 N–H and O–H groups in total. The van der Waals surface area contributed by atoms with E-state index in [4.69, 9.17) is 4.74 Å². The molecule has 0 saturated carbocycles. The number of hydrogen-bond acceptors (Lipinski definition) is 6. The van der Waals surface area contributed by atoms with E-state index in [0.717, 1.165) is 40.6 Å². The molecule has 0 bridgehead atoms. The van der Waals surface area contributed by atoms with E-state index < -0.39 is 40.7 Å². The lowest BCUT2D eigenvalue weighted by Crippen LogP contribution is -2.28. The van der Waals surface area contributed by atoms with E-state index in [2.05, 4.69) is 9.72 Å². The molecule has 0 aliphatic rings. The summed E-state index contributed by atoms with van der Waals surface area (Å²) >= 11 is 0.851. The molecule has 12 heteroatoms. The number of hydrogen-bond donors (Lipinski definition) is 1. The molecule has 0 aliphatic heterocycles. The molecule has 176 valence electrons. The first kappa shape index (κ1) is 24.5. The van der Waals surface area contributed by atoms with Gasteiger partial charge < -0.3 is 14.6 Å². The van der Waals surface area contributed by atoms with Gasteiger partial charge in [-0.25, -0.2) is 13.8 Å². The zero-order valence-electron chi connectivity index (χ0n) is 17.2. The standard InChI is InChI=1S/C21H17F5N2O4S/c1-20(2,30)11-31-17-15(22)9-12(10-16(17)23)28-8-7-27-18(19(28)29)33-14-5-3-13(4-6-14)32-21(24,25)26/h3-10,30H,11H2,1-2H3. The van der Waals surface area contributed by atoms with Crippen LogP contribution in [0.1, 0.15) is 13.8 Å². The maximum Gasteiger partial charge on any atom is 0.573 e. The molecule has 33 heavy (non-hydrogen) atoms. The summed E-state index contributed by atoms with van der Waals surface area (Å²) in [7, 11) is 0. The van der Waals surface area contributed by atoms with Gasteiger partial charge in [-0.2, -0.15) is 0 Å². The molecule has 6 nitrogen and oxygen atoms in total. The second-order valence-electron chi connectivity index (χ2n) is 7.37. The molecule has 0 amide bonds. The molecule has 0 fully saturated rings. The van der Waals surface area contributed by atoms with Crippen LogP contribution in [0.3, 0.4) is 0 Å². The monoisotopic (exact) mass is 488 g/mol. The highest BCUT2D eigenvalue weighted by Gasteiger charge is 2.31. The summed E-state index contributed by atoms with van der Waals surface area (Å²) in [6.07, 6.45) is -2.39. The van der Waals surface area contributed by atoms with E-state index in [-0.39, 0.29) is 17.3 Å². The molecule has 1 aromatic heterocycles. The zero-order valence-corrected chi connectivity index (χ0v) is 18.0. The summed E-state index contributed by atoms with van der Waals surface area (Å²) in [4.78, 5) is 17.1. The van der Waals surface area contributed by atoms with Crippen LogP contribution in [0.15, 0.2) is 63.5 Å². The van der Waals surface area contributed by atoms with Crippen LogP contribution in [-0.4, -0.2) is 33.2 Å². The van der Waals surface area contributed by atoms with Crippen LogP contribution >= 0.6 is 11.8 Å². The average Bonchev–Trinajstić information content (AvgIpc) is 2.68. The summed E-state index contributed by atoms with van der Waals surface area (Å²) in [6, 6.07) is 6.54. The van der Waals surface area contributed by atoms with E-state index in [0.29, 0.717) is 4.90 Å². The highest BCUT2D eigenvalue weighted by atomic mass is 32.2. The van der Waals surface area contributed by atoms with Crippen LogP contribution in [0.2, 0.25) is 0 Å². The van der Waals surface area contributed by atoms with Crippen molar-refractivity contribution in [3.05, 3.63) is 70.8 Å². The van der Waals surface area contributed by atoms with Gasteiger partial charge in [-0.1, -0.05) is 11.8 Å². The van der Waals surface area contributed by atoms with E-state index in [1.54, 1.807) is 0 Å². The van der Waals surface area contributed by atoms with Crippen molar-refractivity contribution in [3.63, 3.8) is 0 Å². The van der Waals surface area contributed by atoms with Gasteiger partial charge >= 0.3 is 6.36 Å². The Morgan fingerprint density at radius 2 is 1.70 bits per heavy atom. The maximum absolute atomic E-state index is 14.4. The van der Waals surface area contributed by atoms with Crippen LogP contribution in [0, 0.1) is 11.6 Å². The van der Waals surface area contributed by atoms with Crippen molar-refractivity contribution in [2.45, 2.75) is 35.7 Å². The third-order valence-electron chi connectivity index (χ3n) is 3.91. The number of nitrogens with zero attached hydrogens (tertiary/aromatic N) is 2. The number of alkyl halides is 3. The molecule has 0 radical (unpaired) electrons. The predicted molar refractivity (Wildman–Crippen MR) is 109 cm³/mol. The van der Waals surface area contributed by atoms with E-state index in [9.17, 15) is 31.9 Å². The minimum Gasteiger partial charge on any atom is -0.485 e. The SMILES string of the molecule is CC(C)(O)COc1c(F)cc(-n2ccnc(Sc3ccc(OC(F)(F)F)cc3)c2=O)cc1F. The molecule has 2 aromatic carbocycles. The van der Waals surface area contributed by atoms with Crippen molar-refractivity contribution in [1.29, 1.82) is 0 Å². The van der Waals surface area contributed by atoms with Gasteiger partial charge in [0.1, 0.15) is 12.4 Å². The topological polar surface area (TPSA) is 73.6 Å². The number of aromatic nitrogens is 2. The Morgan fingerprint density at radius 1 is 1.09 bits per heavy atom. The van der Waals surface area contributed by atoms with Gasteiger partial charge in [0, 0.05) is 29.4 Å². The number of rotatable bonds is 7. The molecule has 3 rings (SSSR count). The van der Waals surface area contributed by atoms with Crippen molar-refractivity contribution in [3.8, 4) is 17.2 Å². The first-order valence-corrected chi connectivity index (χ1v) is 10.1. The Kier molecular flexibility index (Phi) is 6.98. The lowest BCUT2D eigenvalue weighted by atomic mass is 10.2. The molecule has 0 spiro atoms. The van der Waals surface area contributed by atoms with Gasteiger partial charge in [-0.15, -0.1) is 13.2 Å². The largest absolute Gasteiger partial charge is 0.573 e. The van der Waals surface area contributed by atoms with Crippen LogP contribution < -0.4 is 15.0 Å². The second-order valence-corrected chi connectivity index (χ2v) is 8.43. The summed E-state index contributed by atoms with van der Waals surface area (Å²) in [5.41, 5.74) is -2.16. The molecule has 0 saturated heterocycles. The zero-order chi connectivity index (χ0) is 24.4. The fourth-order valence-corrected chi connectivity index (χ4v) is 3.35. The molecule has 0 atom stereocenters. The Bertz CT molecular complexity index is 1170. The fourth-order valence-electron chi connectivity index (χ4n) is 2.56. The third-order valence-corrected chi connectivity index (χ3v) is 4.89. The predicted octanol–water partition coefficient (Wildman–Crippen LogP) is 4.71. The summed E-state index contributed by atoms with van der Waals surface area (Å²) in [5.74, 6) is -3.28. The second kappa shape index (κ2) is 9.40. The molecular formula is C21H17F5N2O4S. The molecule has 3 aromatic rings. The van der Waals surface area contributed by atoms with Gasteiger partial charge in [-0.3, -0.25) is 9.36 Å². The number of ether oxygens (including phenoxy) is 2. The fraction of sp³-hybridized carbons (Fsp3) is 0.238. The normalized spacial score (nSPS) is 12.0. The van der Waals surface area contributed by atoms with Gasteiger partial charge in [0.15, 0.2) is 22.4 Å². The highest BCUT2D eigenvalue weighted by molar-refractivity contribution is 7.99. The highest BCUT2D eigenvalue weighted by Crippen LogP contribution is 2.29. The van der Waals surface area contributed by atoms with E-state index in [1.807, 2.05) is 0 Å². The summed E-state index contributed by atoms with van der Waals surface area (Å²) in [6.45, 7) is 2.45. The van der Waals surface area contributed by atoms with Gasteiger partial charge in [0.05, 0.1) is 11.3 Å². The van der Waals surface area contributed by atoms with E-state index in [1.165, 1.54) is 38.4 Å². The van der Waals surface area contributed by atoms with Crippen LogP contribution in [0.4, 0.5) is 22.0 Å². The molecule has 0 aliphatic carbocycles. The summed E-state index contributed by atoms with van der Waals surface area (Å²) < 4.78 is 75.4. The van der Waals surface area contributed by atoms with Crippen LogP contribution in [0.5, 0.6) is 11.5 Å². The smallest absolute Gasteiger partial charge is 0.485 e. The molecule has 0 unspecified atom stereocenters. The van der Waals surface area contributed by atoms with Crippen molar-refractivity contribution in [2.75, 3.05) is 6.61 Å². The molecule has 1 heterocycles. The number of benzene rings is 2. The number of aliphatic hydroxyl groups is 1. The lowest BCUT2D eigenvalue weighted by Gasteiger charge is -2.18. The van der Waals surface area contributed by atoms with Gasteiger partial charge in [0.2, 0.25) is 0 Å². The third kappa shape index (κ3) is 6.68. The van der Waals surface area contributed by atoms with Crippen LogP contribution in [0.25, 0.3) is 5.69 Å². The van der Waals surface area contributed by atoms with Crippen molar-refractivity contribution in [1.82, 2.24) is 9.55 Å². The van der Waals surface area contributed by atoms with Crippen molar-refractivity contribution >= 4 is 11.8 Å². The number of halogens is 5. The van der Waals surface area contributed by atoms with Crippen LogP contribution in [-0.2, 0) is 0 Å². The van der Waals surface area contributed by atoms with E-state index >= 15 is 0 Å². The lowest BCUT2D eigenvalue weighted by molar-refractivity contribution is -0.274. The van der Waals surface area contributed by atoms with Crippen molar-refractivity contribution < 1.29 is 36.5 Å².